The lowest BCUT2D eigenvalue weighted by atomic mass is 10.1. The number of nitrogens with zero attached hydrogens (tertiary/aromatic N) is 2. The molecule has 1 N–H and O–H groups in total. The first-order valence-electron chi connectivity index (χ1n) is 8.43. The summed E-state index contributed by atoms with van der Waals surface area (Å²) < 4.78 is 13.0. The molecular formula is C18H23N3O3. The topological polar surface area (TPSA) is 65.4 Å². The minimum atomic E-state index is -0.201. The van der Waals surface area contributed by atoms with E-state index in [9.17, 15) is 4.79 Å². The molecule has 24 heavy (non-hydrogen) atoms. The average Bonchev–Trinajstić information content (AvgIpc) is 3.03. The Balaban J connectivity index is 1.63. The number of hydrogen-bond acceptors (Lipinski definition) is 4. The zero-order chi connectivity index (χ0) is 16.8. The number of rotatable bonds is 6. The first kappa shape index (κ1) is 16.5. The fraction of sp³-hybridized carbons (Fsp3) is 0.444. The van der Waals surface area contributed by atoms with Gasteiger partial charge in [-0.15, -0.1) is 0 Å². The van der Waals surface area contributed by atoms with E-state index in [1.807, 2.05) is 29.9 Å². The lowest BCUT2D eigenvalue weighted by Crippen LogP contribution is -2.24. The van der Waals surface area contributed by atoms with Gasteiger partial charge in [-0.2, -0.15) is 5.10 Å². The Bertz CT molecular complexity index is 678. The van der Waals surface area contributed by atoms with Crippen LogP contribution in [0.15, 0.2) is 36.7 Å². The van der Waals surface area contributed by atoms with Crippen LogP contribution in [0, 0.1) is 0 Å². The van der Waals surface area contributed by atoms with E-state index in [1.54, 1.807) is 18.3 Å². The second kappa shape index (κ2) is 7.97. The van der Waals surface area contributed by atoms with Gasteiger partial charge in [0.15, 0.2) is 0 Å². The second-order valence-corrected chi connectivity index (χ2v) is 5.82. The van der Waals surface area contributed by atoms with E-state index in [2.05, 4.69) is 10.4 Å². The zero-order valence-corrected chi connectivity index (χ0v) is 13.9. The third-order valence-electron chi connectivity index (χ3n) is 3.99. The standard InChI is InChI=1S/C18H23N3O3/c1-2-23-17-9-4-3-8-16(17)18(22)20-14-11-19-21(12-14)13-15-7-5-6-10-24-15/h3-4,8-9,11-12,15H,2,5-7,10,13H2,1H3,(H,20,22). The van der Waals surface area contributed by atoms with E-state index in [1.165, 1.54) is 6.42 Å². The SMILES string of the molecule is CCOc1ccccc1C(=O)Nc1cnn(CC2CCCCO2)c1. The van der Waals surface area contributed by atoms with Crippen molar-refractivity contribution in [1.29, 1.82) is 0 Å². The van der Waals surface area contributed by atoms with Crippen LogP contribution in [0.3, 0.4) is 0 Å². The predicted octanol–water partition coefficient (Wildman–Crippen LogP) is 3.10. The first-order chi connectivity index (χ1) is 11.8. The van der Waals surface area contributed by atoms with Crippen LogP contribution in [-0.2, 0) is 11.3 Å². The average molecular weight is 329 g/mol. The van der Waals surface area contributed by atoms with Crippen LogP contribution >= 0.6 is 0 Å². The van der Waals surface area contributed by atoms with Gasteiger partial charge in [0, 0.05) is 12.8 Å². The van der Waals surface area contributed by atoms with Crippen LogP contribution < -0.4 is 10.1 Å². The first-order valence-corrected chi connectivity index (χ1v) is 8.43. The smallest absolute Gasteiger partial charge is 0.259 e. The number of benzene rings is 1. The molecule has 1 aliphatic heterocycles. The maximum absolute atomic E-state index is 12.5. The Morgan fingerprint density at radius 3 is 3.08 bits per heavy atom. The van der Waals surface area contributed by atoms with Gasteiger partial charge in [-0.25, -0.2) is 0 Å². The highest BCUT2D eigenvalue weighted by Crippen LogP contribution is 2.20. The van der Waals surface area contributed by atoms with Crippen molar-refractivity contribution in [2.24, 2.45) is 0 Å². The molecule has 2 heterocycles. The molecular weight excluding hydrogens is 306 g/mol. The zero-order valence-electron chi connectivity index (χ0n) is 13.9. The van der Waals surface area contributed by atoms with Crippen LogP contribution in [0.2, 0.25) is 0 Å². The highest BCUT2D eigenvalue weighted by molar-refractivity contribution is 6.06. The Morgan fingerprint density at radius 1 is 1.42 bits per heavy atom. The van der Waals surface area contributed by atoms with E-state index in [-0.39, 0.29) is 12.0 Å². The fourth-order valence-electron chi connectivity index (χ4n) is 2.82. The Kier molecular flexibility index (Phi) is 5.48. The number of aromatic nitrogens is 2. The summed E-state index contributed by atoms with van der Waals surface area (Å²) in [5, 5.41) is 7.18. The second-order valence-electron chi connectivity index (χ2n) is 5.82. The van der Waals surface area contributed by atoms with Gasteiger partial charge in [-0.1, -0.05) is 12.1 Å². The summed E-state index contributed by atoms with van der Waals surface area (Å²) in [6.07, 6.45) is 7.09. The molecule has 1 aliphatic rings. The van der Waals surface area contributed by atoms with Gasteiger partial charge in [0.25, 0.3) is 5.91 Å². The Labute approximate surface area is 141 Å². The molecule has 2 aromatic rings. The van der Waals surface area contributed by atoms with Crippen molar-refractivity contribution in [2.75, 3.05) is 18.5 Å². The molecule has 1 fully saturated rings. The normalized spacial score (nSPS) is 17.5. The molecule has 3 rings (SSSR count). The minimum absolute atomic E-state index is 0.201. The van der Waals surface area contributed by atoms with Crippen molar-refractivity contribution < 1.29 is 14.3 Å². The molecule has 128 valence electrons. The van der Waals surface area contributed by atoms with Gasteiger partial charge < -0.3 is 14.8 Å². The third kappa shape index (κ3) is 4.14. The maximum Gasteiger partial charge on any atom is 0.259 e. The summed E-state index contributed by atoms with van der Waals surface area (Å²) in [6.45, 7) is 3.95. The van der Waals surface area contributed by atoms with E-state index < -0.39 is 0 Å². The third-order valence-corrected chi connectivity index (χ3v) is 3.99. The quantitative estimate of drug-likeness (QED) is 0.884. The Hall–Kier alpha value is -2.34. The molecule has 6 heteroatoms. The van der Waals surface area contributed by atoms with Crippen molar-refractivity contribution >= 4 is 11.6 Å². The van der Waals surface area contributed by atoms with Crippen molar-refractivity contribution in [3.63, 3.8) is 0 Å². The summed E-state index contributed by atoms with van der Waals surface area (Å²) in [4.78, 5) is 12.5. The summed E-state index contributed by atoms with van der Waals surface area (Å²) in [5.74, 6) is 0.382. The van der Waals surface area contributed by atoms with E-state index in [0.717, 1.165) is 19.4 Å². The summed E-state index contributed by atoms with van der Waals surface area (Å²) in [5.41, 5.74) is 1.19. The van der Waals surface area contributed by atoms with Gasteiger partial charge in [0.1, 0.15) is 5.75 Å². The molecule has 0 spiro atoms. The van der Waals surface area contributed by atoms with Crippen LogP contribution in [-0.4, -0.2) is 35.0 Å². The molecule has 6 nitrogen and oxygen atoms in total. The molecule has 1 aromatic carbocycles. The molecule has 0 aliphatic carbocycles. The highest BCUT2D eigenvalue weighted by atomic mass is 16.5. The van der Waals surface area contributed by atoms with Crippen molar-refractivity contribution in [3.8, 4) is 5.75 Å². The van der Waals surface area contributed by atoms with Gasteiger partial charge in [0.05, 0.1) is 36.7 Å². The molecule has 0 radical (unpaired) electrons. The van der Waals surface area contributed by atoms with Crippen LogP contribution in [0.1, 0.15) is 36.5 Å². The monoisotopic (exact) mass is 329 g/mol. The van der Waals surface area contributed by atoms with E-state index in [0.29, 0.717) is 30.2 Å². The van der Waals surface area contributed by atoms with Gasteiger partial charge in [-0.3, -0.25) is 9.48 Å². The van der Waals surface area contributed by atoms with Crippen molar-refractivity contribution in [3.05, 3.63) is 42.2 Å². The summed E-state index contributed by atoms with van der Waals surface area (Å²) in [7, 11) is 0. The molecule has 1 saturated heterocycles. The molecule has 1 aromatic heterocycles. The predicted molar refractivity (Wildman–Crippen MR) is 91.4 cm³/mol. The molecule has 0 saturated carbocycles. The van der Waals surface area contributed by atoms with Gasteiger partial charge in [-0.05, 0) is 38.3 Å². The number of nitrogens with one attached hydrogen (secondary N) is 1. The van der Waals surface area contributed by atoms with Crippen LogP contribution in [0.5, 0.6) is 5.75 Å². The van der Waals surface area contributed by atoms with Gasteiger partial charge >= 0.3 is 0 Å². The maximum atomic E-state index is 12.5. The fourth-order valence-corrected chi connectivity index (χ4v) is 2.82. The number of carbonyl (C=O) groups is 1. The number of hydrogen-bond donors (Lipinski definition) is 1. The lowest BCUT2D eigenvalue weighted by Gasteiger charge is -2.22. The lowest BCUT2D eigenvalue weighted by molar-refractivity contribution is 0.00401. The van der Waals surface area contributed by atoms with Crippen LogP contribution in [0.4, 0.5) is 5.69 Å². The van der Waals surface area contributed by atoms with Crippen molar-refractivity contribution in [1.82, 2.24) is 9.78 Å². The van der Waals surface area contributed by atoms with Crippen LogP contribution in [0.25, 0.3) is 0 Å². The molecule has 1 unspecified atom stereocenters. The van der Waals surface area contributed by atoms with E-state index in [4.69, 9.17) is 9.47 Å². The number of para-hydroxylation sites is 1. The summed E-state index contributed by atoms with van der Waals surface area (Å²) in [6, 6.07) is 7.22. The highest BCUT2D eigenvalue weighted by Gasteiger charge is 2.16. The minimum Gasteiger partial charge on any atom is -0.493 e. The van der Waals surface area contributed by atoms with Gasteiger partial charge in [0.2, 0.25) is 0 Å². The molecule has 0 bridgehead atoms. The summed E-state index contributed by atoms with van der Waals surface area (Å²) >= 11 is 0. The van der Waals surface area contributed by atoms with Crippen molar-refractivity contribution in [2.45, 2.75) is 38.8 Å². The number of carbonyl (C=O) groups excluding carboxylic acids is 1. The van der Waals surface area contributed by atoms with E-state index >= 15 is 0 Å². The number of anilines is 1. The molecule has 1 amide bonds. The number of ether oxygens (including phenoxy) is 2. The Morgan fingerprint density at radius 2 is 2.29 bits per heavy atom. The molecule has 1 atom stereocenters. The number of amides is 1. The largest absolute Gasteiger partial charge is 0.493 e.